The van der Waals surface area contributed by atoms with Crippen molar-refractivity contribution in [2.45, 2.75) is 6.54 Å². The zero-order valence-electron chi connectivity index (χ0n) is 8.97. The van der Waals surface area contributed by atoms with Gasteiger partial charge in [-0.3, -0.25) is 4.98 Å². The third-order valence-electron chi connectivity index (χ3n) is 2.09. The zero-order valence-corrected chi connectivity index (χ0v) is 12.2. The maximum atomic E-state index is 3.98. The van der Waals surface area contributed by atoms with Crippen molar-refractivity contribution in [3.05, 3.63) is 58.8 Å². The number of aromatic nitrogens is 1. The van der Waals surface area contributed by atoms with Crippen LogP contribution in [0.3, 0.4) is 0 Å². The number of rotatable bonds is 3. The van der Waals surface area contributed by atoms with Crippen molar-refractivity contribution >= 4 is 46.4 Å². The average Bonchev–Trinajstić information content (AvgIpc) is 2.30. The van der Waals surface area contributed by atoms with E-state index in [0.29, 0.717) is 0 Å². The molecule has 0 saturated carbocycles. The first kappa shape index (κ1) is 16.2. The molecule has 0 amide bonds. The van der Waals surface area contributed by atoms with Gasteiger partial charge < -0.3 is 5.32 Å². The summed E-state index contributed by atoms with van der Waals surface area (Å²) in [4.78, 5) is 3.98. The molecule has 0 fully saturated rings. The van der Waals surface area contributed by atoms with Gasteiger partial charge in [-0.2, -0.15) is 0 Å². The zero-order chi connectivity index (χ0) is 10.5. The molecule has 1 aromatic heterocycles. The van der Waals surface area contributed by atoms with Crippen molar-refractivity contribution in [2.75, 3.05) is 5.32 Å². The van der Waals surface area contributed by atoms with Gasteiger partial charge in [0.1, 0.15) is 0 Å². The predicted molar refractivity (Wildman–Crippen MR) is 80.2 cm³/mol. The highest BCUT2D eigenvalue weighted by atomic mass is 79.9. The minimum atomic E-state index is 0. The molecule has 0 aliphatic rings. The van der Waals surface area contributed by atoms with Gasteiger partial charge in [0.25, 0.3) is 0 Å². The highest BCUT2D eigenvalue weighted by Gasteiger charge is 1.93. The van der Waals surface area contributed by atoms with Crippen molar-refractivity contribution in [1.82, 2.24) is 4.98 Å². The molecule has 0 atom stereocenters. The second-order valence-electron chi connectivity index (χ2n) is 3.22. The molecule has 0 aliphatic heterocycles. The third kappa shape index (κ3) is 5.39. The van der Waals surface area contributed by atoms with Crippen molar-refractivity contribution in [3.63, 3.8) is 0 Å². The van der Waals surface area contributed by atoms with Crippen LogP contribution in [0.2, 0.25) is 0 Å². The van der Waals surface area contributed by atoms with E-state index >= 15 is 0 Å². The Balaban J connectivity index is 0.00000128. The van der Waals surface area contributed by atoms with Crippen LogP contribution in [0.4, 0.5) is 5.69 Å². The fourth-order valence-corrected chi connectivity index (χ4v) is 1.54. The van der Waals surface area contributed by atoms with Gasteiger partial charge in [0.15, 0.2) is 0 Å². The molecule has 0 saturated heterocycles. The Hall–Kier alpha value is -0.770. The molecule has 0 aliphatic carbocycles. The Morgan fingerprint density at radius 2 is 1.53 bits per heavy atom. The molecule has 17 heavy (non-hydrogen) atoms. The van der Waals surface area contributed by atoms with Crippen molar-refractivity contribution in [1.29, 1.82) is 0 Å². The summed E-state index contributed by atoms with van der Waals surface area (Å²) in [5, 5.41) is 3.34. The molecule has 0 unspecified atom stereocenters. The molecular weight excluding hydrogens is 323 g/mol. The van der Waals surface area contributed by atoms with Crippen molar-refractivity contribution in [2.24, 2.45) is 0 Å². The first-order valence-electron chi connectivity index (χ1n) is 4.73. The highest BCUT2D eigenvalue weighted by Crippen LogP contribution is 2.14. The maximum Gasteiger partial charge on any atom is 0.0401 e. The SMILES string of the molecule is Brc1ccc(NCc2ccncc2)cc1.Cl.Cl. The van der Waals surface area contributed by atoms with Crippen molar-refractivity contribution in [3.8, 4) is 0 Å². The molecule has 1 aromatic carbocycles. The Bertz CT molecular complexity index is 420. The minimum absolute atomic E-state index is 0. The normalized spacial score (nSPS) is 8.76. The van der Waals surface area contributed by atoms with Crippen LogP contribution in [0, 0.1) is 0 Å². The Kier molecular flexibility index (Phi) is 7.96. The van der Waals surface area contributed by atoms with E-state index in [1.54, 1.807) is 12.4 Å². The molecule has 0 bridgehead atoms. The summed E-state index contributed by atoms with van der Waals surface area (Å²) in [7, 11) is 0. The first-order valence-corrected chi connectivity index (χ1v) is 5.52. The molecule has 92 valence electrons. The van der Waals surface area contributed by atoms with E-state index in [9.17, 15) is 0 Å². The Morgan fingerprint density at radius 1 is 0.941 bits per heavy atom. The van der Waals surface area contributed by atoms with Crippen LogP contribution in [0.25, 0.3) is 0 Å². The van der Waals surface area contributed by atoms with E-state index in [0.717, 1.165) is 16.7 Å². The second-order valence-corrected chi connectivity index (χ2v) is 4.13. The van der Waals surface area contributed by atoms with Crippen LogP contribution in [0.15, 0.2) is 53.3 Å². The van der Waals surface area contributed by atoms with E-state index in [1.807, 2.05) is 36.4 Å². The summed E-state index contributed by atoms with van der Waals surface area (Å²) >= 11 is 3.41. The Morgan fingerprint density at radius 3 is 2.12 bits per heavy atom. The summed E-state index contributed by atoms with van der Waals surface area (Å²) in [5.74, 6) is 0. The lowest BCUT2D eigenvalue weighted by Gasteiger charge is -2.05. The lowest BCUT2D eigenvalue weighted by Crippen LogP contribution is -1.98. The monoisotopic (exact) mass is 334 g/mol. The molecule has 2 rings (SSSR count). The summed E-state index contributed by atoms with van der Waals surface area (Å²) in [5.41, 5.74) is 2.35. The predicted octanol–water partition coefficient (Wildman–Crippen LogP) is 4.30. The summed E-state index contributed by atoms with van der Waals surface area (Å²) < 4.78 is 1.09. The molecule has 0 radical (unpaired) electrons. The van der Waals surface area contributed by atoms with Gasteiger partial charge in [-0.1, -0.05) is 15.9 Å². The van der Waals surface area contributed by atoms with E-state index in [1.165, 1.54) is 5.56 Å². The van der Waals surface area contributed by atoms with Crippen molar-refractivity contribution < 1.29 is 0 Å². The van der Waals surface area contributed by atoms with Crippen LogP contribution >= 0.6 is 40.7 Å². The lowest BCUT2D eigenvalue weighted by atomic mass is 10.2. The fourth-order valence-electron chi connectivity index (χ4n) is 1.27. The van der Waals surface area contributed by atoms with E-state index < -0.39 is 0 Å². The fraction of sp³-hybridized carbons (Fsp3) is 0.0833. The van der Waals surface area contributed by atoms with Crippen LogP contribution < -0.4 is 5.32 Å². The average molecular weight is 336 g/mol. The number of hydrogen-bond donors (Lipinski definition) is 1. The van der Waals surface area contributed by atoms with Gasteiger partial charge in [0, 0.05) is 29.1 Å². The molecule has 0 spiro atoms. The number of benzene rings is 1. The number of nitrogens with one attached hydrogen (secondary N) is 1. The van der Waals surface area contributed by atoms with E-state index in [2.05, 4.69) is 26.2 Å². The summed E-state index contributed by atoms with van der Waals surface area (Å²) in [6.45, 7) is 0.824. The van der Waals surface area contributed by atoms with Gasteiger partial charge in [-0.15, -0.1) is 24.8 Å². The lowest BCUT2D eigenvalue weighted by molar-refractivity contribution is 1.13. The standard InChI is InChI=1S/C12H11BrN2.2ClH/c13-11-1-3-12(4-2-11)15-9-10-5-7-14-8-6-10;;/h1-8,15H,9H2;2*1H. The molecule has 2 aromatic rings. The van der Waals surface area contributed by atoms with Crippen LogP contribution in [0.5, 0.6) is 0 Å². The van der Waals surface area contributed by atoms with E-state index in [4.69, 9.17) is 0 Å². The number of anilines is 1. The smallest absolute Gasteiger partial charge is 0.0401 e. The molecule has 1 heterocycles. The van der Waals surface area contributed by atoms with Gasteiger partial charge in [0.2, 0.25) is 0 Å². The van der Waals surface area contributed by atoms with Crippen LogP contribution in [-0.4, -0.2) is 4.98 Å². The summed E-state index contributed by atoms with van der Waals surface area (Å²) in [6, 6.07) is 12.2. The quantitative estimate of drug-likeness (QED) is 0.904. The van der Waals surface area contributed by atoms with Crippen LogP contribution in [0.1, 0.15) is 5.56 Å². The van der Waals surface area contributed by atoms with E-state index in [-0.39, 0.29) is 24.8 Å². The molecule has 1 N–H and O–H groups in total. The summed E-state index contributed by atoms with van der Waals surface area (Å²) in [6.07, 6.45) is 3.61. The van der Waals surface area contributed by atoms with Gasteiger partial charge >= 0.3 is 0 Å². The molecular formula is C12H13BrCl2N2. The number of hydrogen-bond acceptors (Lipinski definition) is 2. The molecule has 2 nitrogen and oxygen atoms in total. The number of nitrogens with zero attached hydrogens (tertiary/aromatic N) is 1. The van der Waals surface area contributed by atoms with Crippen LogP contribution in [-0.2, 0) is 6.54 Å². The Labute approximate surface area is 122 Å². The third-order valence-corrected chi connectivity index (χ3v) is 2.62. The number of halogens is 3. The maximum absolute atomic E-state index is 3.98. The topological polar surface area (TPSA) is 24.9 Å². The highest BCUT2D eigenvalue weighted by molar-refractivity contribution is 9.10. The second kappa shape index (κ2) is 8.34. The minimum Gasteiger partial charge on any atom is -0.381 e. The first-order chi connectivity index (χ1) is 7.34. The largest absolute Gasteiger partial charge is 0.381 e. The number of pyridine rings is 1. The van der Waals surface area contributed by atoms with Gasteiger partial charge in [-0.25, -0.2) is 0 Å². The van der Waals surface area contributed by atoms with Gasteiger partial charge in [0.05, 0.1) is 0 Å². The van der Waals surface area contributed by atoms with Gasteiger partial charge in [-0.05, 0) is 42.0 Å². The molecule has 5 heteroatoms.